The Hall–Kier alpha value is -5.60. The van der Waals surface area contributed by atoms with Crippen molar-refractivity contribution in [1.29, 1.82) is 0 Å². The summed E-state index contributed by atoms with van der Waals surface area (Å²) in [4.78, 5) is 48.4. The lowest BCUT2D eigenvalue weighted by molar-refractivity contribution is -0.136. The maximum absolute atomic E-state index is 13.5. The molecule has 244 valence electrons. The topological polar surface area (TPSA) is 179 Å². The van der Waals surface area contributed by atoms with Gasteiger partial charge in [-0.25, -0.2) is 13.8 Å². The van der Waals surface area contributed by atoms with E-state index in [-0.39, 0.29) is 29.7 Å². The van der Waals surface area contributed by atoms with Gasteiger partial charge in [-0.15, -0.1) is 0 Å². The normalized spacial score (nSPS) is 11.3. The van der Waals surface area contributed by atoms with Crippen molar-refractivity contribution in [3.05, 3.63) is 114 Å². The molecule has 1 aromatic heterocycles. The quantitative estimate of drug-likeness (QED) is 0.0968. The lowest BCUT2D eigenvalue weighted by Gasteiger charge is -2.21. The minimum Gasteiger partial charge on any atom is -0.458 e. The van der Waals surface area contributed by atoms with Gasteiger partial charge in [0.1, 0.15) is 11.5 Å². The monoisotopic (exact) mass is 658 g/mol. The molecule has 14 heteroatoms. The standard InChI is InChI=1S/C33H34N6O7S/c1-23-8-10-27(11-9-23)37-33(43)32(42)34-20-28-14-15-29(46-28)21-35-38-31(41)22-39(19-18-25-6-4-3-5-7-25)47(44,45)30-16-12-26(13-17-30)36-24(2)40/h3-17,21H,18-20,22H2,1-2H3,(H,34,42)(H,36,40)(H,37,43)(H,38,41)/b35-21-. The van der Waals surface area contributed by atoms with Crippen LogP contribution in [0.3, 0.4) is 0 Å². The van der Waals surface area contributed by atoms with Crippen molar-refractivity contribution >= 4 is 51.2 Å². The Balaban J connectivity index is 1.33. The van der Waals surface area contributed by atoms with Crippen LogP contribution in [0.1, 0.15) is 29.6 Å². The van der Waals surface area contributed by atoms with Gasteiger partial charge in [-0.3, -0.25) is 19.2 Å². The summed E-state index contributed by atoms with van der Waals surface area (Å²) in [6.07, 6.45) is 1.58. The minimum absolute atomic E-state index is 0.0211. The highest BCUT2D eigenvalue weighted by Crippen LogP contribution is 2.19. The molecule has 1 heterocycles. The molecule has 0 aliphatic carbocycles. The van der Waals surface area contributed by atoms with Gasteiger partial charge in [-0.05, 0) is 67.4 Å². The van der Waals surface area contributed by atoms with E-state index in [0.29, 0.717) is 23.6 Å². The van der Waals surface area contributed by atoms with Crippen LogP contribution in [0, 0.1) is 6.92 Å². The van der Waals surface area contributed by atoms with Crippen molar-refractivity contribution in [3.63, 3.8) is 0 Å². The average molecular weight is 659 g/mol. The molecular formula is C33H34N6O7S. The van der Waals surface area contributed by atoms with Crippen LogP contribution in [0.2, 0.25) is 0 Å². The molecule has 4 amide bonds. The molecule has 0 aliphatic rings. The number of aryl methyl sites for hydroxylation is 1. The van der Waals surface area contributed by atoms with Crippen molar-refractivity contribution in [3.8, 4) is 0 Å². The molecule has 0 radical (unpaired) electrons. The van der Waals surface area contributed by atoms with E-state index in [4.69, 9.17) is 4.42 Å². The fraction of sp³-hybridized carbons (Fsp3) is 0.182. The molecular weight excluding hydrogens is 624 g/mol. The van der Waals surface area contributed by atoms with Crippen LogP contribution in [0.5, 0.6) is 0 Å². The first kappa shape index (κ1) is 34.3. The van der Waals surface area contributed by atoms with E-state index in [9.17, 15) is 27.6 Å². The van der Waals surface area contributed by atoms with Crippen LogP contribution in [-0.4, -0.2) is 55.7 Å². The third kappa shape index (κ3) is 10.5. The van der Waals surface area contributed by atoms with Crippen LogP contribution in [0.15, 0.2) is 105 Å². The Kier molecular flexibility index (Phi) is 11.7. The Morgan fingerprint density at radius 1 is 0.830 bits per heavy atom. The highest BCUT2D eigenvalue weighted by atomic mass is 32.2. The lowest BCUT2D eigenvalue weighted by atomic mass is 10.1. The molecule has 47 heavy (non-hydrogen) atoms. The van der Waals surface area contributed by atoms with E-state index in [2.05, 4.69) is 26.5 Å². The molecule has 0 saturated heterocycles. The van der Waals surface area contributed by atoms with Gasteiger partial charge in [0.25, 0.3) is 5.91 Å². The number of sulfonamides is 1. The van der Waals surface area contributed by atoms with Gasteiger partial charge < -0.3 is 20.4 Å². The van der Waals surface area contributed by atoms with Gasteiger partial charge in [0, 0.05) is 24.8 Å². The smallest absolute Gasteiger partial charge is 0.313 e. The first-order chi connectivity index (χ1) is 22.5. The SMILES string of the molecule is CC(=O)Nc1ccc(S(=O)(=O)N(CCc2ccccc2)CC(=O)N/N=C\c2ccc(CNC(=O)C(=O)Nc3ccc(C)cc3)o2)cc1. The number of rotatable bonds is 13. The highest BCUT2D eigenvalue weighted by Gasteiger charge is 2.26. The largest absolute Gasteiger partial charge is 0.458 e. The van der Waals surface area contributed by atoms with Crippen LogP contribution in [0.4, 0.5) is 11.4 Å². The van der Waals surface area contributed by atoms with Crippen LogP contribution in [0.25, 0.3) is 0 Å². The summed E-state index contributed by atoms with van der Waals surface area (Å²) in [6.45, 7) is 2.69. The van der Waals surface area contributed by atoms with Crippen molar-refractivity contribution in [1.82, 2.24) is 15.0 Å². The summed E-state index contributed by atoms with van der Waals surface area (Å²) in [6, 6.07) is 25.0. The number of nitrogens with one attached hydrogen (secondary N) is 4. The zero-order chi connectivity index (χ0) is 33.8. The van der Waals surface area contributed by atoms with Gasteiger partial charge in [0.2, 0.25) is 15.9 Å². The number of carbonyl (C=O) groups is 4. The maximum Gasteiger partial charge on any atom is 0.313 e. The second-order valence-electron chi connectivity index (χ2n) is 10.4. The van der Waals surface area contributed by atoms with Gasteiger partial charge in [0.15, 0.2) is 0 Å². The van der Waals surface area contributed by atoms with Crippen molar-refractivity contribution in [2.45, 2.75) is 31.7 Å². The zero-order valence-electron chi connectivity index (χ0n) is 25.7. The number of nitrogens with zero attached hydrogens (tertiary/aromatic N) is 2. The van der Waals surface area contributed by atoms with Crippen molar-refractivity contribution in [2.75, 3.05) is 23.7 Å². The summed E-state index contributed by atoms with van der Waals surface area (Å²) in [5, 5.41) is 11.4. The number of furan rings is 1. The molecule has 3 aromatic carbocycles. The number of carbonyl (C=O) groups excluding carboxylic acids is 4. The summed E-state index contributed by atoms with van der Waals surface area (Å²) in [5.74, 6) is -2.08. The van der Waals surface area contributed by atoms with E-state index in [0.717, 1.165) is 15.4 Å². The molecule has 4 rings (SSSR count). The Morgan fingerprint density at radius 3 is 2.17 bits per heavy atom. The predicted octanol–water partition coefficient (Wildman–Crippen LogP) is 3.19. The van der Waals surface area contributed by atoms with E-state index in [1.165, 1.54) is 37.4 Å². The lowest BCUT2D eigenvalue weighted by Crippen LogP contribution is -2.40. The van der Waals surface area contributed by atoms with Crippen LogP contribution >= 0.6 is 0 Å². The zero-order valence-corrected chi connectivity index (χ0v) is 26.5. The molecule has 0 aliphatic heterocycles. The summed E-state index contributed by atoms with van der Waals surface area (Å²) >= 11 is 0. The number of amides is 4. The number of hydrazone groups is 1. The Labute approximate surface area is 272 Å². The van der Waals surface area contributed by atoms with Crippen molar-refractivity contribution in [2.24, 2.45) is 5.10 Å². The molecule has 0 bridgehead atoms. The first-order valence-corrected chi connectivity index (χ1v) is 15.9. The molecule has 4 aromatic rings. The highest BCUT2D eigenvalue weighted by molar-refractivity contribution is 7.89. The summed E-state index contributed by atoms with van der Waals surface area (Å²) < 4.78 is 33.7. The van der Waals surface area contributed by atoms with E-state index in [1.807, 2.05) is 49.4 Å². The third-order valence-electron chi connectivity index (χ3n) is 6.63. The maximum atomic E-state index is 13.5. The second kappa shape index (κ2) is 16.1. The number of benzene rings is 3. The number of hydrogen-bond acceptors (Lipinski definition) is 8. The fourth-order valence-corrected chi connectivity index (χ4v) is 5.64. The van der Waals surface area contributed by atoms with Gasteiger partial charge in [-0.1, -0.05) is 48.0 Å². The van der Waals surface area contributed by atoms with E-state index in [1.54, 1.807) is 24.3 Å². The Bertz CT molecular complexity index is 1840. The molecule has 4 N–H and O–H groups in total. The molecule has 0 fully saturated rings. The molecule has 0 atom stereocenters. The van der Waals surface area contributed by atoms with Gasteiger partial charge >= 0.3 is 11.8 Å². The molecule has 13 nitrogen and oxygen atoms in total. The minimum atomic E-state index is -4.10. The Morgan fingerprint density at radius 2 is 1.49 bits per heavy atom. The summed E-state index contributed by atoms with van der Waals surface area (Å²) in [5.41, 5.74) is 5.14. The average Bonchev–Trinajstić information content (AvgIpc) is 3.51. The van der Waals surface area contributed by atoms with Crippen LogP contribution < -0.4 is 21.4 Å². The van der Waals surface area contributed by atoms with E-state index >= 15 is 0 Å². The molecule has 0 spiro atoms. The van der Waals surface area contributed by atoms with Gasteiger partial charge in [0.05, 0.1) is 24.2 Å². The second-order valence-corrected chi connectivity index (χ2v) is 12.3. The fourth-order valence-electron chi connectivity index (χ4n) is 4.24. The third-order valence-corrected chi connectivity index (χ3v) is 8.49. The van der Waals surface area contributed by atoms with Gasteiger partial charge in [-0.2, -0.15) is 9.41 Å². The first-order valence-electron chi connectivity index (χ1n) is 14.5. The number of hydrogen-bond donors (Lipinski definition) is 4. The van der Waals surface area contributed by atoms with Crippen LogP contribution in [-0.2, 0) is 42.2 Å². The van der Waals surface area contributed by atoms with E-state index < -0.39 is 34.3 Å². The number of anilines is 2. The van der Waals surface area contributed by atoms with Crippen molar-refractivity contribution < 1.29 is 32.0 Å². The summed E-state index contributed by atoms with van der Waals surface area (Å²) in [7, 11) is -4.10. The molecule has 0 unspecified atom stereocenters. The molecule has 0 saturated carbocycles. The predicted molar refractivity (Wildman–Crippen MR) is 176 cm³/mol.